The Morgan fingerprint density at radius 1 is 1.42 bits per heavy atom. The van der Waals surface area contributed by atoms with Gasteiger partial charge >= 0.3 is 0 Å². The number of hydrogen-bond donors (Lipinski definition) is 2. The van der Waals surface area contributed by atoms with Gasteiger partial charge in [-0.2, -0.15) is 0 Å². The first kappa shape index (κ1) is 14.4. The van der Waals surface area contributed by atoms with E-state index < -0.39 is 0 Å². The lowest BCUT2D eigenvalue weighted by molar-refractivity contribution is -0.121. The minimum Gasteiger partial charge on any atom is -0.393 e. The molecule has 1 fully saturated rings. The van der Waals surface area contributed by atoms with E-state index in [9.17, 15) is 9.90 Å². The third-order valence-corrected chi connectivity index (χ3v) is 3.95. The summed E-state index contributed by atoms with van der Waals surface area (Å²) >= 11 is 5.90. The maximum Gasteiger partial charge on any atom is 0.220 e. The summed E-state index contributed by atoms with van der Waals surface area (Å²) in [7, 11) is 0. The topological polar surface area (TPSA) is 49.3 Å². The molecule has 2 rings (SSSR count). The molecular weight excluding hydrogens is 262 g/mol. The van der Waals surface area contributed by atoms with Gasteiger partial charge in [0.2, 0.25) is 5.91 Å². The maximum absolute atomic E-state index is 11.7. The number of rotatable bonds is 5. The highest BCUT2D eigenvalue weighted by Gasteiger charge is 2.25. The molecule has 2 N–H and O–H groups in total. The highest BCUT2D eigenvalue weighted by atomic mass is 35.5. The summed E-state index contributed by atoms with van der Waals surface area (Å²) in [6.45, 7) is 0.593. The van der Waals surface area contributed by atoms with E-state index in [1.807, 2.05) is 24.3 Å². The Hall–Kier alpha value is -1.06. The van der Waals surface area contributed by atoms with Crippen LogP contribution in [-0.4, -0.2) is 23.7 Å². The minimum absolute atomic E-state index is 0.0408. The molecule has 19 heavy (non-hydrogen) atoms. The molecular formula is C15H20ClNO2. The third kappa shape index (κ3) is 4.51. The summed E-state index contributed by atoms with van der Waals surface area (Å²) in [5.74, 6) is 0.272. The number of aliphatic hydroxyl groups excluding tert-OH is 1. The van der Waals surface area contributed by atoms with Crippen LogP contribution in [0.4, 0.5) is 0 Å². The van der Waals surface area contributed by atoms with Gasteiger partial charge in [-0.15, -0.1) is 0 Å². The molecule has 4 heteroatoms. The van der Waals surface area contributed by atoms with Crippen molar-refractivity contribution in [3.8, 4) is 0 Å². The second kappa shape index (κ2) is 6.92. The molecule has 0 saturated heterocycles. The van der Waals surface area contributed by atoms with Crippen molar-refractivity contribution in [1.29, 1.82) is 0 Å². The van der Waals surface area contributed by atoms with Crippen LogP contribution in [0.1, 0.15) is 31.2 Å². The Morgan fingerprint density at radius 2 is 2.26 bits per heavy atom. The quantitative estimate of drug-likeness (QED) is 0.871. The van der Waals surface area contributed by atoms with Crippen LogP contribution >= 0.6 is 11.6 Å². The second-order valence-electron chi connectivity index (χ2n) is 5.19. The van der Waals surface area contributed by atoms with Crippen molar-refractivity contribution in [3.05, 3.63) is 34.9 Å². The fraction of sp³-hybridized carbons (Fsp3) is 0.533. The number of hydrogen-bond acceptors (Lipinski definition) is 2. The Balaban J connectivity index is 1.70. The zero-order chi connectivity index (χ0) is 13.7. The number of aliphatic hydroxyl groups is 1. The first-order valence-electron chi connectivity index (χ1n) is 6.84. The zero-order valence-corrected chi connectivity index (χ0v) is 11.7. The lowest BCUT2D eigenvalue weighted by atomic mass is 10.1. The first-order chi connectivity index (χ1) is 9.15. The van der Waals surface area contributed by atoms with Crippen LogP contribution in [0.3, 0.4) is 0 Å². The first-order valence-corrected chi connectivity index (χ1v) is 7.22. The molecule has 1 aromatic carbocycles. The molecule has 104 valence electrons. The van der Waals surface area contributed by atoms with Crippen LogP contribution in [0.15, 0.2) is 24.3 Å². The van der Waals surface area contributed by atoms with Crippen molar-refractivity contribution >= 4 is 17.5 Å². The average Bonchev–Trinajstić information content (AvgIpc) is 2.80. The Morgan fingerprint density at radius 3 is 2.95 bits per heavy atom. The molecule has 0 bridgehead atoms. The van der Waals surface area contributed by atoms with E-state index in [4.69, 9.17) is 11.6 Å². The third-order valence-electron chi connectivity index (χ3n) is 3.71. The van der Waals surface area contributed by atoms with Crippen molar-refractivity contribution in [2.75, 3.05) is 6.54 Å². The van der Waals surface area contributed by atoms with Crippen LogP contribution in [0.25, 0.3) is 0 Å². The van der Waals surface area contributed by atoms with Gasteiger partial charge in [-0.3, -0.25) is 4.79 Å². The van der Waals surface area contributed by atoms with Crippen molar-refractivity contribution in [3.63, 3.8) is 0 Å². The van der Waals surface area contributed by atoms with E-state index in [1.165, 1.54) is 0 Å². The molecule has 1 saturated carbocycles. The summed E-state index contributed by atoms with van der Waals surface area (Å²) in [5.41, 5.74) is 1.07. The number of aryl methyl sites for hydroxylation is 1. The fourth-order valence-electron chi connectivity index (χ4n) is 2.54. The molecule has 3 nitrogen and oxygen atoms in total. The highest BCUT2D eigenvalue weighted by molar-refractivity contribution is 6.30. The van der Waals surface area contributed by atoms with Crippen molar-refractivity contribution in [2.24, 2.45) is 5.92 Å². The summed E-state index contributed by atoms with van der Waals surface area (Å²) in [6.07, 6.45) is 3.85. The van der Waals surface area contributed by atoms with Crippen LogP contribution in [0, 0.1) is 5.92 Å². The minimum atomic E-state index is -0.242. The van der Waals surface area contributed by atoms with Gasteiger partial charge in [-0.1, -0.05) is 30.2 Å². The SMILES string of the molecule is O=C(CCc1cccc(Cl)c1)NC[C@@H]1CCC[C@@H]1O. The van der Waals surface area contributed by atoms with E-state index in [0.29, 0.717) is 24.4 Å². The van der Waals surface area contributed by atoms with E-state index in [0.717, 1.165) is 24.8 Å². The number of halogens is 1. The molecule has 0 spiro atoms. The Bertz CT molecular complexity index is 436. The number of amides is 1. The van der Waals surface area contributed by atoms with Crippen LogP contribution < -0.4 is 5.32 Å². The van der Waals surface area contributed by atoms with Crippen LogP contribution in [-0.2, 0) is 11.2 Å². The standard InChI is InChI=1S/C15H20ClNO2/c16-13-5-1-3-11(9-13)7-8-15(19)17-10-12-4-2-6-14(12)18/h1,3,5,9,12,14,18H,2,4,6-8,10H2,(H,17,19)/t12-,14-/m0/s1. The van der Waals surface area contributed by atoms with Gasteiger partial charge in [-0.25, -0.2) is 0 Å². The predicted octanol–water partition coefficient (Wildman–Crippen LogP) is 2.55. The Labute approximate surface area is 119 Å². The van der Waals surface area contributed by atoms with Gasteiger partial charge < -0.3 is 10.4 Å². The molecule has 1 aliphatic rings. The van der Waals surface area contributed by atoms with Crippen molar-refractivity contribution in [2.45, 2.75) is 38.2 Å². The van der Waals surface area contributed by atoms with Gasteiger partial charge in [0.25, 0.3) is 0 Å². The summed E-state index contributed by atoms with van der Waals surface area (Å²) in [5, 5.41) is 13.3. The largest absolute Gasteiger partial charge is 0.393 e. The normalized spacial score (nSPS) is 22.4. The van der Waals surface area contributed by atoms with Gasteiger partial charge in [0.05, 0.1) is 6.10 Å². The molecule has 0 heterocycles. The number of benzene rings is 1. The van der Waals surface area contributed by atoms with E-state index in [1.54, 1.807) is 0 Å². The molecule has 0 unspecified atom stereocenters. The molecule has 2 atom stereocenters. The van der Waals surface area contributed by atoms with E-state index >= 15 is 0 Å². The van der Waals surface area contributed by atoms with Gasteiger partial charge in [0.1, 0.15) is 0 Å². The summed E-state index contributed by atoms with van der Waals surface area (Å²) < 4.78 is 0. The van der Waals surface area contributed by atoms with E-state index in [-0.39, 0.29) is 17.9 Å². The van der Waals surface area contributed by atoms with Gasteiger partial charge in [0.15, 0.2) is 0 Å². The number of carbonyl (C=O) groups excluding carboxylic acids is 1. The number of nitrogens with one attached hydrogen (secondary N) is 1. The van der Waals surface area contributed by atoms with Crippen molar-refractivity contribution in [1.82, 2.24) is 5.32 Å². The van der Waals surface area contributed by atoms with Crippen LogP contribution in [0.5, 0.6) is 0 Å². The molecule has 0 aromatic heterocycles. The molecule has 1 amide bonds. The summed E-state index contributed by atoms with van der Waals surface area (Å²) in [4.78, 5) is 11.7. The molecule has 1 aromatic rings. The zero-order valence-electron chi connectivity index (χ0n) is 10.9. The highest BCUT2D eigenvalue weighted by Crippen LogP contribution is 2.24. The molecule has 1 aliphatic carbocycles. The predicted molar refractivity (Wildman–Crippen MR) is 76.1 cm³/mol. The average molecular weight is 282 g/mol. The second-order valence-corrected chi connectivity index (χ2v) is 5.63. The van der Waals surface area contributed by atoms with Gasteiger partial charge in [0, 0.05) is 23.9 Å². The fourth-order valence-corrected chi connectivity index (χ4v) is 2.75. The smallest absolute Gasteiger partial charge is 0.220 e. The van der Waals surface area contributed by atoms with Gasteiger partial charge in [-0.05, 0) is 37.0 Å². The molecule has 0 aliphatic heterocycles. The molecule has 0 radical (unpaired) electrons. The number of carbonyl (C=O) groups is 1. The maximum atomic E-state index is 11.7. The van der Waals surface area contributed by atoms with E-state index in [2.05, 4.69) is 5.32 Å². The monoisotopic (exact) mass is 281 g/mol. The van der Waals surface area contributed by atoms with Crippen molar-refractivity contribution < 1.29 is 9.90 Å². The lowest BCUT2D eigenvalue weighted by Crippen LogP contribution is -2.32. The summed E-state index contributed by atoms with van der Waals surface area (Å²) in [6, 6.07) is 7.58. The Kier molecular flexibility index (Phi) is 5.23. The van der Waals surface area contributed by atoms with Crippen LogP contribution in [0.2, 0.25) is 5.02 Å². The lowest BCUT2D eigenvalue weighted by Gasteiger charge is -2.15.